The van der Waals surface area contributed by atoms with E-state index >= 15 is 0 Å². The van der Waals surface area contributed by atoms with Crippen molar-refractivity contribution in [2.45, 2.75) is 19.0 Å². The van der Waals surface area contributed by atoms with Gasteiger partial charge in [-0.3, -0.25) is 0 Å². The SMILES string of the molecule is Clc1ccc(CN[C@H](Cc2ccccc2)c2ccccc2)s1. The fourth-order valence-electron chi connectivity index (χ4n) is 2.51. The molecule has 0 saturated carbocycles. The Morgan fingerprint density at radius 2 is 1.55 bits per heavy atom. The second-order valence-electron chi connectivity index (χ2n) is 5.24. The molecule has 1 heterocycles. The van der Waals surface area contributed by atoms with E-state index in [2.05, 4.69) is 72.0 Å². The highest BCUT2D eigenvalue weighted by atomic mass is 35.5. The van der Waals surface area contributed by atoms with Gasteiger partial charge in [-0.15, -0.1) is 11.3 Å². The van der Waals surface area contributed by atoms with Crippen molar-refractivity contribution in [2.24, 2.45) is 0 Å². The van der Waals surface area contributed by atoms with Crippen LogP contribution in [0.1, 0.15) is 22.0 Å². The van der Waals surface area contributed by atoms with Crippen molar-refractivity contribution in [3.05, 3.63) is 93.1 Å². The van der Waals surface area contributed by atoms with Gasteiger partial charge in [0.15, 0.2) is 0 Å². The zero-order valence-corrected chi connectivity index (χ0v) is 13.8. The molecule has 2 aromatic carbocycles. The first-order valence-corrected chi connectivity index (χ1v) is 8.57. The number of hydrogen-bond donors (Lipinski definition) is 1. The lowest BCUT2D eigenvalue weighted by Crippen LogP contribution is -2.22. The smallest absolute Gasteiger partial charge is 0.0931 e. The summed E-state index contributed by atoms with van der Waals surface area (Å²) in [5, 5.41) is 3.67. The molecule has 3 aromatic rings. The number of benzene rings is 2. The lowest BCUT2D eigenvalue weighted by atomic mass is 9.99. The summed E-state index contributed by atoms with van der Waals surface area (Å²) in [7, 11) is 0. The van der Waals surface area contributed by atoms with Crippen molar-refractivity contribution >= 4 is 22.9 Å². The van der Waals surface area contributed by atoms with E-state index in [1.807, 2.05) is 6.07 Å². The Hall–Kier alpha value is -1.61. The van der Waals surface area contributed by atoms with E-state index < -0.39 is 0 Å². The van der Waals surface area contributed by atoms with Gasteiger partial charge in [-0.2, -0.15) is 0 Å². The minimum absolute atomic E-state index is 0.296. The molecule has 3 rings (SSSR count). The molecular weight excluding hydrogens is 310 g/mol. The summed E-state index contributed by atoms with van der Waals surface area (Å²) in [6.07, 6.45) is 0.976. The van der Waals surface area contributed by atoms with Crippen molar-refractivity contribution in [1.29, 1.82) is 0 Å². The topological polar surface area (TPSA) is 12.0 Å². The van der Waals surface area contributed by atoms with Gasteiger partial charge in [-0.1, -0.05) is 72.3 Å². The Morgan fingerprint density at radius 1 is 0.864 bits per heavy atom. The molecule has 1 N–H and O–H groups in total. The standard InChI is InChI=1S/C19H18ClNS/c20-19-12-11-17(22-19)14-21-18(16-9-5-2-6-10-16)13-15-7-3-1-4-8-15/h1-12,18,21H,13-14H2/t18-/m1/s1. The fourth-order valence-corrected chi connectivity index (χ4v) is 3.55. The molecular formula is C19H18ClNS. The van der Waals surface area contributed by atoms with Crippen LogP contribution >= 0.6 is 22.9 Å². The van der Waals surface area contributed by atoms with Crippen LogP contribution in [0.3, 0.4) is 0 Å². The Bertz CT molecular complexity index is 694. The third-order valence-corrected chi connectivity index (χ3v) is 4.87. The zero-order chi connectivity index (χ0) is 15.2. The number of hydrogen-bond acceptors (Lipinski definition) is 2. The van der Waals surface area contributed by atoms with Crippen LogP contribution < -0.4 is 5.32 Å². The number of thiophene rings is 1. The summed E-state index contributed by atoms with van der Waals surface area (Å²) >= 11 is 7.65. The lowest BCUT2D eigenvalue weighted by molar-refractivity contribution is 0.533. The van der Waals surface area contributed by atoms with Crippen LogP contribution in [0.25, 0.3) is 0 Å². The van der Waals surface area contributed by atoms with Crippen molar-refractivity contribution in [1.82, 2.24) is 5.32 Å². The predicted octanol–water partition coefficient (Wildman–Crippen LogP) is 5.48. The molecule has 1 nitrogen and oxygen atoms in total. The first kappa shape index (κ1) is 15.3. The summed E-state index contributed by atoms with van der Waals surface area (Å²) in [4.78, 5) is 1.26. The Labute approximate surface area is 140 Å². The van der Waals surface area contributed by atoms with Gasteiger partial charge in [0.2, 0.25) is 0 Å². The van der Waals surface area contributed by atoms with Crippen molar-refractivity contribution in [3.63, 3.8) is 0 Å². The van der Waals surface area contributed by atoms with E-state index in [9.17, 15) is 0 Å². The molecule has 112 valence electrons. The van der Waals surface area contributed by atoms with E-state index in [0.717, 1.165) is 17.3 Å². The Kier molecular flexibility index (Phi) is 5.28. The minimum atomic E-state index is 0.296. The molecule has 3 heteroatoms. The quantitative estimate of drug-likeness (QED) is 0.632. The fraction of sp³-hybridized carbons (Fsp3) is 0.158. The number of halogens is 1. The first-order valence-electron chi connectivity index (χ1n) is 7.38. The van der Waals surface area contributed by atoms with Gasteiger partial charge in [0.25, 0.3) is 0 Å². The molecule has 0 bridgehead atoms. The molecule has 1 aromatic heterocycles. The maximum atomic E-state index is 6.01. The van der Waals surface area contributed by atoms with Gasteiger partial charge in [0.1, 0.15) is 0 Å². The molecule has 0 spiro atoms. The van der Waals surface area contributed by atoms with Crippen LogP contribution in [0.4, 0.5) is 0 Å². The molecule has 0 amide bonds. The highest BCUT2D eigenvalue weighted by Gasteiger charge is 2.12. The van der Waals surface area contributed by atoms with Crippen LogP contribution in [-0.2, 0) is 13.0 Å². The van der Waals surface area contributed by atoms with Gasteiger partial charge in [-0.25, -0.2) is 0 Å². The summed E-state index contributed by atoms with van der Waals surface area (Å²) < 4.78 is 0.844. The van der Waals surface area contributed by atoms with Crippen molar-refractivity contribution in [3.8, 4) is 0 Å². The van der Waals surface area contributed by atoms with E-state index in [-0.39, 0.29) is 0 Å². The molecule has 0 aliphatic carbocycles. The summed E-state index contributed by atoms with van der Waals surface area (Å²) in [5.74, 6) is 0. The molecule has 0 aliphatic heterocycles. The van der Waals surface area contributed by atoms with Crippen LogP contribution in [0.5, 0.6) is 0 Å². The van der Waals surface area contributed by atoms with Crippen LogP contribution in [-0.4, -0.2) is 0 Å². The van der Waals surface area contributed by atoms with Crippen molar-refractivity contribution in [2.75, 3.05) is 0 Å². The molecule has 0 aliphatic rings. The monoisotopic (exact) mass is 327 g/mol. The normalized spacial score (nSPS) is 12.2. The first-order chi connectivity index (χ1) is 10.8. The van der Waals surface area contributed by atoms with Gasteiger partial charge in [0.05, 0.1) is 4.34 Å². The molecule has 1 atom stereocenters. The molecule has 0 unspecified atom stereocenters. The molecule has 0 fully saturated rings. The second-order valence-corrected chi connectivity index (χ2v) is 7.04. The van der Waals surface area contributed by atoms with Crippen LogP contribution in [0, 0.1) is 0 Å². The third kappa shape index (κ3) is 4.20. The Balaban J connectivity index is 1.74. The highest BCUT2D eigenvalue weighted by Crippen LogP contribution is 2.23. The second kappa shape index (κ2) is 7.59. The van der Waals surface area contributed by atoms with Crippen LogP contribution in [0.2, 0.25) is 4.34 Å². The lowest BCUT2D eigenvalue weighted by Gasteiger charge is -2.19. The molecule has 0 saturated heterocycles. The summed E-state index contributed by atoms with van der Waals surface area (Å²) in [6, 6.07) is 25.6. The van der Waals surface area contributed by atoms with Gasteiger partial charge in [-0.05, 0) is 29.7 Å². The predicted molar refractivity (Wildman–Crippen MR) is 95.5 cm³/mol. The number of rotatable bonds is 6. The highest BCUT2D eigenvalue weighted by molar-refractivity contribution is 7.16. The maximum absolute atomic E-state index is 6.01. The van der Waals surface area contributed by atoms with E-state index in [0.29, 0.717) is 6.04 Å². The van der Waals surface area contributed by atoms with E-state index in [1.54, 1.807) is 11.3 Å². The van der Waals surface area contributed by atoms with E-state index in [4.69, 9.17) is 11.6 Å². The average molecular weight is 328 g/mol. The van der Waals surface area contributed by atoms with E-state index in [1.165, 1.54) is 16.0 Å². The summed E-state index contributed by atoms with van der Waals surface area (Å²) in [5.41, 5.74) is 2.65. The van der Waals surface area contributed by atoms with Crippen molar-refractivity contribution < 1.29 is 0 Å². The Morgan fingerprint density at radius 3 is 2.18 bits per heavy atom. The van der Waals surface area contributed by atoms with Gasteiger partial charge in [0, 0.05) is 17.5 Å². The molecule has 22 heavy (non-hydrogen) atoms. The third-order valence-electron chi connectivity index (χ3n) is 3.64. The number of nitrogens with one attached hydrogen (secondary N) is 1. The van der Waals surface area contributed by atoms with Gasteiger partial charge < -0.3 is 5.32 Å². The maximum Gasteiger partial charge on any atom is 0.0931 e. The molecule has 0 radical (unpaired) electrons. The summed E-state index contributed by atoms with van der Waals surface area (Å²) in [6.45, 7) is 0.837. The minimum Gasteiger partial charge on any atom is -0.305 e. The zero-order valence-electron chi connectivity index (χ0n) is 12.2. The van der Waals surface area contributed by atoms with Crippen LogP contribution in [0.15, 0.2) is 72.8 Å². The van der Waals surface area contributed by atoms with Gasteiger partial charge >= 0.3 is 0 Å². The largest absolute Gasteiger partial charge is 0.305 e. The average Bonchev–Trinajstić information content (AvgIpc) is 2.99.